The predicted molar refractivity (Wildman–Crippen MR) is 80.1 cm³/mol. The number of carboxylic acid groups (broad SMARTS) is 1. The standard InChI is InChI=1S/C15H16BrNO3/c16-12-5-2-11(3-6-12)4-7-13(18)17-10-15(14(19)20)8-1-9-15/h2-7H,1,8-10H2,(H,17,18)(H,19,20)/b7-4+. The molecule has 0 aliphatic heterocycles. The number of carboxylic acids is 1. The van der Waals surface area contributed by atoms with E-state index >= 15 is 0 Å². The lowest BCUT2D eigenvalue weighted by Gasteiger charge is -2.37. The lowest BCUT2D eigenvalue weighted by molar-refractivity contribution is -0.154. The number of benzene rings is 1. The Hall–Kier alpha value is -1.62. The van der Waals surface area contributed by atoms with Crippen LogP contribution in [-0.4, -0.2) is 23.5 Å². The van der Waals surface area contributed by atoms with Gasteiger partial charge in [-0.2, -0.15) is 0 Å². The van der Waals surface area contributed by atoms with E-state index in [0.29, 0.717) is 12.8 Å². The molecule has 1 aliphatic carbocycles. The summed E-state index contributed by atoms with van der Waals surface area (Å²) < 4.78 is 0.979. The Morgan fingerprint density at radius 1 is 1.30 bits per heavy atom. The van der Waals surface area contributed by atoms with Crippen LogP contribution in [0.4, 0.5) is 0 Å². The molecule has 0 saturated heterocycles. The molecule has 0 spiro atoms. The molecular weight excluding hydrogens is 322 g/mol. The van der Waals surface area contributed by atoms with E-state index in [1.165, 1.54) is 6.08 Å². The van der Waals surface area contributed by atoms with Crippen LogP contribution in [0.25, 0.3) is 6.08 Å². The molecule has 20 heavy (non-hydrogen) atoms. The van der Waals surface area contributed by atoms with Crippen LogP contribution in [0.3, 0.4) is 0 Å². The van der Waals surface area contributed by atoms with Gasteiger partial charge in [0.05, 0.1) is 5.41 Å². The molecule has 5 heteroatoms. The molecule has 1 aromatic carbocycles. The highest BCUT2D eigenvalue weighted by atomic mass is 79.9. The van der Waals surface area contributed by atoms with Crippen LogP contribution in [0.15, 0.2) is 34.8 Å². The first-order valence-corrected chi connectivity index (χ1v) is 7.26. The molecule has 2 rings (SSSR count). The molecule has 0 radical (unpaired) electrons. The van der Waals surface area contributed by atoms with Gasteiger partial charge in [0, 0.05) is 17.1 Å². The number of nitrogens with one attached hydrogen (secondary N) is 1. The van der Waals surface area contributed by atoms with Crippen LogP contribution in [-0.2, 0) is 9.59 Å². The molecule has 1 aromatic rings. The number of rotatable bonds is 5. The van der Waals surface area contributed by atoms with Crippen LogP contribution in [0.1, 0.15) is 24.8 Å². The van der Waals surface area contributed by atoms with Gasteiger partial charge in [0.15, 0.2) is 0 Å². The molecule has 0 aromatic heterocycles. The zero-order chi connectivity index (χ0) is 14.6. The van der Waals surface area contributed by atoms with Crippen LogP contribution < -0.4 is 5.32 Å². The molecule has 2 N–H and O–H groups in total. The van der Waals surface area contributed by atoms with Crippen molar-refractivity contribution in [2.45, 2.75) is 19.3 Å². The van der Waals surface area contributed by atoms with E-state index in [1.54, 1.807) is 6.08 Å². The van der Waals surface area contributed by atoms with Crippen molar-refractivity contribution in [3.63, 3.8) is 0 Å². The van der Waals surface area contributed by atoms with Gasteiger partial charge in [0.25, 0.3) is 0 Å². The van der Waals surface area contributed by atoms with Gasteiger partial charge in [-0.3, -0.25) is 9.59 Å². The van der Waals surface area contributed by atoms with Crippen molar-refractivity contribution in [1.82, 2.24) is 5.32 Å². The van der Waals surface area contributed by atoms with Gasteiger partial charge in [-0.25, -0.2) is 0 Å². The van der Waals surface area contributed by atoms with Crippen molar-refractivity contribution < 1.29 is 14.7 Å². The van der Waals surface area contributed by atoms with E-state index in [4.69, 9.17) is 5.11 Å². The van der Waals surface area contributed by atoms with Crippen molar-refractivity contribution in [3.8, 4) is 0 Å². The normalized spacial score (nSPS) is 16.6. The zero-order valence-electron chi connectivity index (χ0n) is 10.9. The molecule has 106 valence electrons. The summed E-state index contributed by atoms with van der Waals surface area (Å²) in [5.41, 5.74) is 0.168. The van der Waals surface area contributed by atoms with Crippen molar-refractivity contribution >= 4 is 33.9 Å². The maximum atomic E-state index is 11.7. The number of carbonyl (C=O) groups excluding carboxylic acids is 1. The van der Waals surface area contributed by atoms with Gasteiger partial charge in [0.2, 0.25) is 5.91 Å². The Morgan fingerprint density at radius 3 is 2.45 bits per heavy atom. The van der Waals surface area contributed by atoms with Crippen LogP contribution in [0, 0.1) is 5.41 Å². The lowest BCUT2D eigenvalue weighted by Crippen LogP contribution is -2.47. The molecule has 0 bridgehead atoms. The molecule has 1 fully saturated rings. The second kappa shape index (κ2) is 6.22. The van der Waals surface area contributed by atoms with Crippen LogP contribution in [0.2, 0.25) is 0 Å². The fourth-order valence-corrected chi connectivity index (χ4v) is 2.40. The van der Waals surface area contributed by atoms with Crippen LogP contribution in [0.5, 0.6) is 0 Å². The zero-order valence-corrected chi connectivity index (χ0v) is 12.5. The monoisotopic (exact) mass is 337 g/mol. The van der Waals surface area contributed by atoms with Crippen molar-refractivity contribution in [2.75, 3.05) is 6.54 Å². The highest BCUT2D eigenvalue weighted by molar-refractivity contribution is 9.10. The fourth-order valence-electron chi connectivity index (χ4n) is 2.13. The van der Waals surface area contributed by atoms with E-state index in [-0.39, 0.29) is 12.5 Å². The lowest BCUT2D eigenvalue weighted by atomic mass is 9.69. The second-order valence-electron chi connectivity index (χ2n) is 5.04. The molecular formula is C15H16BrNO3. The van der Waals surface area contributed by atoms with Crippen molar-refractivity contribution in [2.24, 2.45) is 5.41 Å². The third-order valence-electron chi connectivity index (χ3n) is 3.66. The topological polar surface area (TPSA) is 66.4 Å². The van der Waals surface area contributed by atoms with Crippen molar-refractivity contribution in [3.05, 3.63) is 40.4 Å². The maximum Gasteiger partial charge on any atom is 0.311 e. The third kappa shape index (κ3) is 3.48. The summed E-state index contributed by atoms with van der Waals surface area (Å²) in [6.45, 7) is 0.200. The predicted octanol–water partition coefficient (Wildman–Crippen LogP) is 2.83. The molecule has 1 amide bonds. The Labute approximate surface area is 126 Å². The highest BCUT2D eigenvalue weighted by Gasteiger charge is 2.44. The summed E-state index contributed by atoms with van der Waals surface area (Å²) in [5.74, 6) is -1.08. The van der Waals surface area contributed by atoms with Crippen molar-refractivity contribution in [1.29, 1.82) is 0 Å². The molecule has 1 saturated carbocycles. The van der Waals surface area contributed by atoms with E-state index in [9.17, 15) is 9.59 Å². The van der Waals surface area contributed by atoms with E-state index < -0.39 is 11.4 Å². The largest absolute Gasteiger partial charge is 0.481 e. The summed E-state index contributed by atoms with van der Waals surface area (Å²) in [4.78, 5) is 22.8. The Morgan fingerprint density at radius 2 is 1.95 bits per heavy atom. The second-order valence-corrected chi connectivity index (χ2v) is 5.96. The number of halogens is 1. The average Bonchev–Trinajstić information content (AvgIpc) is 2.36. The molecule has 1 aliphatic rings. The Bertz CT molecular complexity index is 533. The Kier molecular flexibility index (Phi) is 4.60. The summed E-state index contributed by atoms with van der Waals surface area (Å²) in [6.07, 6.45) is 5.32. The summed E-state index contributed by atoms with van der Waals surface area (Å²) in [5, 5.41) is 11.8. The maximum absolute atomic E-state index is 11.7. The van der Waals surface area contributed by atoms with Gasteiger partial charge in [-0.1, -0.05) is 34.5 Å². The first-order chi connectivity index (χ1) is 9.52. The summed E-state index contributed by atoms with van der Waals surface area (Å²) in [7, 11) is 0. The van der Waals surface area contributed by atoms with Gasteiger partial charge in [-0.15, -0.1) is 0 Å². The smallest absolute Gasteiger partial charge is 0.311 e. The van der Waals surface area contributed by atoms with Gasteiger partial charge in [0.1, 0.15) is 0 Å². The average molecular weight is 338 g/mol. The minimum Gasteiger partial charge on any atom is -0.481 e. The summed E-state index contributed by atoms with van der Waals surface area (Å²) >= 11 is 3.34. The minimum atomic E-state index is -0.819. The third-order valence-corrected chi connectivity index (χ3v) is 4.19. The van der Waals surface area contributed by atoms with E-state index in [0.717, 1.165) is 16.5 Å². The molecule has 0 atom stereocenters. The highest BCUT2D eigenvalue weighted by Crippen LogP contribution is 2.40. The molecule has 0 unspecified atom stereocenters. The first kappa shape index (κ1) is 14.8. The van der Waals surface area contributed by atoms with Gasteiger partial charge in [-0.05, 0) is 36.6 Å². The van der Waals surface area contributed by atoms with E-state index in [2.05, 4.69) is 21.2 Å². The summed E-state index contributed by atoms with van der Waals surface area (Å²) in [6, 6.07) is 7.56. The number of carbonyl (C=O) groups is 2. The quantitative estimate of drug-likeness (QED) is 0.812. The van der Waals surface area contributed by atoms with Crippen LogP contribution >= 0.6 is 15.9 Å². The fraction of sp³-hybridized carbons (Fsp3) is 0.333. The number of hydrogen-bond donors (Lipinski definition) is 2. The first-order valence-electron chi connectivity index (χ1n) is 6.47. The van der Waals surface area contributed by atoms with E-state index in [1.807, 2.05) is 24.3 Å². The van der Waals surface area contributed by atoms with Gasteiger partial charge >= 0.3 is 5.97 Å². The number of amides is 1. The van der Waals surface area contributed by atoms with Gasteiger partial charge < -0.3 is 10.4 Å². The number of aliphatic carboxylic acids is 1. The number of hydrogen-bond acceptors (Lipinski definition) is 2. The molecule has 0 heterocycles. The molecule has 4 nitrogen and oxygen atoms in total. The SMILES string of the molecule is O=C(/C=C/c1ccc(Br)cc1)NCC1(C(=O)O)CCC1. The Balaban J connectivity index is 1.86. The minimum absolute atomic E-state index is 0.200.